The lowest BCUT2D eigenvalue weighted by atomic mass is 10.2. The summed E-state index contributed by atoms with van der Waals surface area (Å²) in [6, 6.07) is 10.7. The minimum atomic E-state index is -0.394. The summed E-state index contributed by atoms with van der Waals surface area (Å²) in [7, 11) is 0. The lowest BCUT2D eigenvalue weighted by Gasteiger charge is -2.10. The molecule has 4 rings (SSSR count). The Labute approximate surface area is 182 Å². The highest BCUT2D eigenvalue weighted by Crippen LogP contribution is 2.24. The number of hydrogen-bond acceptors (Lipinski definition) is 6. The van der Waals surface area contributed by atoms with Crippen molar-refractivity contribution in [2.45, 2.75) is 6.92 Å². The van der Waals surface area contributed by atoms with Gasteiger partial charge in [0, 0.05) is 15.7 Å². The highest BCUT2D eigenvalue weighted by Gasteiger charge is 2.11. The molecule has 10 heteroatoms. The van der Waals surface area contributed by atoms with Gasteiger partial charge in [-0.1, -0.05) is 27.3 Å². The molecule has 2 aromatic carbocycles. The number of halogens is 2. The number of thiazole rings is 1. The molecule has 4 aromatic rings. The van der Waals surface area contributed by atoms with E-state index < -0.39 is 5.91 Å². The number of carbonyl (C=O) groups excluding carboxylic acids is 1. The average molecular weight is 489 g/mol. The lowest BCUT2D eigenvalue weighted by molar-refractivity contribution is -0.118. The smallest absolute Gasteiger partial charge is 0.291 e. The topological polar surface area (TPSA) is 85.6 Å². The van der Waals surface area contributed by atoms with Gasteiger partial charge in [-0.15, -0.1) is 5.10 Å². The van der Waals surface area contributed by atoms with Crippen LogP contribution in [0, 0.1) is 12.7 Å². The quantitative estimate of drug-likeness (QED) is 0.466. The summed E-state index contributed by atoms with van der Waals surface area (Å²) >= 11 is 4.63. The summed E-state index contributed by atoms with van der Waals surface area (Å²) in [4.78, 5) is 29.4. The Morgan fingerprint density at radius 1 is 1.30 bits per heavy atom. The Morgan fingerprint density at radius 2 is 2.07 bits per heavy atom. The van der Waals surface area contributed by atoms with Crippen LogP contribution in [0.4, 0.5) is 10.1 Å². The summed E-state index contributed by atoms with van der Waals surface area (Å²) in [6.07, 6.45) is 1.68. The molecule has 1 amide bonds. The van der Waals surface area contributed by atoms with E-state index in [9.17, 15) is 14.0 Å². The van der Waals surface area contributed by atoms with Crippen LogP contribution < -0.4 is 20.1 Å². The first-order valence-corrected chi connectivity index (χ1v) is 10.4. The van der Waals surface area contributed by atoms with Crippen molar-refractivity contribution in [2.24, 2.45) is 0 Å². The lowest BCUT2D eigenvalue weighted by Crippen LogP contribution is -2.24. The number of aryl methyl sites for hydroxylation is 1. The molecule has 2 aromatic heterocycles. The molecule has 0 aliphatic rings. The van der Waals surface area contributed by atoms with Gasteiger partial charge in [0.2, 0.25) is 4.96 Å². The molecule has 0 atom stereocenters. The Bertz CT molecular complexity index is 1350. The molecule has 0 aliphatic heterocycles. The number of nitrogens with one attached hydrogen (secondary N) is 1. The predicted octanol–water partition coefficient (Wildman–Crippen LogP) is 2.93. The van der Waals surface area contributed by atoms with Gasteiger partial charge >= 0.3 is 0 Å². The molecule has 1 N–H and O–H groups in total. The standard InChI is InChI=1S/C20H14BrFN4O3S/c1-11-23-20-26(25-11)19(28)17(30-20)9-12-8-13(21)2-7-16(12)29-10-18(27)24-15-5-3-14(22)4-6-15/h2-9H,10H2,1H3,(H,24,27)/b17-9-. The van der Waals surface area contributed by atoms with Gasteiger partial charge in [-0.25, -0.2) is 9.37 Å². The number of ether oxygens (including phenoxy) is 1. The van der Waals surface area contributed by atoms with Crippen LogP contribution in [0.2, 0.25) is 0 Å². The van der Waals surface area contributed by atoms with Crippen molar-refractivity contribution < 1.29 is 13.9 Å². The molecule has 0 spiro atoms. The van der Waals surface area contributed by atoms with Crippen molar-refractivity contribution in [3.05, 3.63) is 79.0 Å². The number of hydrogen-bond donors (Lipinski definition) is 1. The fraction of sp³-hybridized carbons (Fsp3) is 0.100. The molecule has 0 saturated carbocycles. The van der Waals surface area contributed by atoms with Crippen LogP contribution in [0.5, 0.6) is 5.75 Å². The molecular weight excluding hydrogens is 475 g/mol. The second kappa shape index (κ2) is 8.33. The van der Waals surface area contributed by atoms with Crippen LogP contribution in [-0.2, 0) is 4.79 Å². The molecule has 30 heavy (non-hydrogen) atoms. The van der Waals surface area contributed by atoms with Crippen molar-refractivity contribution in [2.75, 3.05) is 11.9 Å². The second-order valence-corrected chi connectivity index (χ2v) is 8.22. The minimum Gasteiger partial charge on any atom is -0.483 e. The Kier molecular flexibility index (Phi) is 5.60. The van der Waals surface area contributed by atoms with E-state index in [-0.39, 0.29) is 18.0 Å². The molecule has 2 heterocycles. The largest absolute Gasteiger partial charge is 0.483 e. The minimum absolute atomic E-state index is 0.251. The second-order valence-electron chi connectivity index (χ2n) is 6.30. The number of rotatable bonds is 5. The van der Waals surface area contributed by atoms with Crippen LogP contribution in [0.15, 0.2) is 51.7 Å². The first kappa shape index (κ1) is 20.2. The van der Waals surface area contributed by atoms with Crippen molar-refractivity contribution in [1.82, 2.24) is 14.6 Å². The maximum atomic E-state index is 13.0. The highest BCUT2D eigenvalue weighted by atomic mass is 79.9. The monoisotopic (exact) mass is 488 g/mol. The van der Waals surface area contributed by atoms with Gasteiger partial charge in [0.1, 0.15) is 17.4 Å². The van der Waals surface area contributed by atoms with E-state index in [1.165, 1.54) is 40.1 Å². The molecule has 0 fully saturated rings. The van der Waals surface area contributed by atoms with E-state index in [1.54, 1.807) is 31.2 Å². The van der Waals surface area contributed by atoms with Crippen molar-refractivity contribution >= 4 is 49.9 Å². The van der Waals surface area contributed by atoms with E-state index in [1.807, 2.05) is 0 Å². The molecule has 7 nitrogen and oxygen atoms in total. The normalized spacial score (nSPS) is 11.8. The van der Waals surface area contributed by atoms with Crippen LogP contribution in [-0.4, -0.2) is 27.1 Å². The number of aromatic nitrogens is 3. The molecular formula is C20H14BrFN4O3S. The fourth-order valence-corrected chi connectivity index (χ4v) is 4.03. The van der Waals surface area contributed by atoms with E-state index in [0.29, 0.717) is 32.3 Å². The fourth-order valence-electron chi connectivity index (χ4n) is 2.71. The summed E-state index contributed by atoms with van der Waals surface area (Å²) in [5.74, 6) is 0.184. The van der Waals surface area contributed by atoms with E-state index >= 15 is 0 Å². The number of fused-ring (bicyclic) bond motifs is 1. The number of benzene rings is 2. The number of nitrogens with zero attached hydrogens (tertiary/aromatic N) is 3. The summed E-state index contributed by atoms with van der Waals surface area (Å²) in [6.45, 7) is 1.47. The number of anilines is 1. The van der Waals surface area contributed by atoms with E-state index in [4.69, 9.17) is 4.74 Å². The van der Waals surface area contributed by atoms with Gasteiger partial charge in [-0.3, -0.25) is 9.59 Å². The Balaban J connectivity index is 1.56. The average Bonchev–Trinajstić information content (AvgIpc) is 3.20. The van der Waals surface area contributed by atoms with Crippen LogP contribution in [0.1, 0.15) is 11.4 Å². The first-order chi connectivity index (χ1) is 14.4. The van der Waals surface area contributed by atoms with Crippen molar-refractivity contribution in [3.8, 4) is 5.75 Å². The molecule has 0 unspecified atom stereocenters. The van der Waals surface area contributed by atoms with E-state index in [0.717, 1.165) is 4.47 Å². The predicted molar refractivity (Wildman–Crippen MR) is 115 cm³/mol. The van der Waals surface area contributed by atoms with Crippen LogP contribution >= 0.6 is 27.3 Å². The molecule has 0 aliphatic carbocycles. The van der Waals surface area contributed by atoms with E-state index in [2.05, 4.69) is 31.3 Å². The van der Waals surface area contributed by atoms with Crippen LogP contribution in [0.25, 0.3) is 11.0 Å². The maximum Gasteiger partial charge on any atom is 0.291 e. The Hall–Kier alpha value is -3.11. The number of amides is 1. The summed E-state index contributed by atoms with van der Waals surface area (Å²) in [5, 5.41) is 6.72. The molecule has 152 valence electrons. The third kappa shape index (κ3) is 4.39. The zero-order chi connectivity index (χ0) is 21.3. The van der Waals surface area contributed by atoms with Crippen molar-refractivity contribution in [3.63, 3.8) is 0 Å². The number of carbonyl (C=O) groups is 1. The maximum absolute atomic E-state index is 13.0. The third-order valence-electron chi connectivity index (χ3n) is 4.03. The first-order valence-electron chi connectivity index (χ1n) is 8.75. The zero-order valence-electron chi connectivity index (χ0n) is 15.6. The molecule has 0 saturated heterocycles. The highest BCUT2D eigenvalue weighted by molar-refractivity contribution is 9.10. The SMILES string of the molecule is Cc1nc2s/c(=C\c3cc(Br)ccc3OCC(=O)Nc3ccc(F)cc3)c(=O)n2n1. The summed E-state index contributed by atoms with van der Waals surface area (Å²) in [5.41, 5.74) is 0.821. The molecule has 0 radical (unpaired) electrons. The zero-order valence-corrected chi connectivity index (χ0v) is 18.0. The van der Waals surface area contributed by atoms with Crippen LogP contribution in [0.3, 0.4) is 0 Å². The molecule has 0 bridgehead atoms. The van der Waals surface area contributed by atoms with Gasteiger partial charge in [-0.2, -0.15) is 4.52 Å². The summed E-state index contributed by atoms with van der Waals surface area (Å²) < 4.78 is 21.1. The van der Waals surface area contributed by atoms with Gasteiger partial charge in [-0.05, 0) is 55.5 Å². The van der Waals surface area contributed by atoms with Gasteiger partial charge in [0.15, 0.2) is 6.61 Å². The van der Waals surface area contributed by atoms with Gasteiger partial charge in [0.25, 0.3) is 11.5 Å². The van der Waals surface area contributed by atoms with Gasteiger partial charge in [0.05, 0.1) is 4.53 Å². The third-order valence-corrected chi connectivity index (χ3v) is 5.49. The van der Waals surface area contributed by atoms with Gasteiger partial charge < -0.3 is 10.1 Å². The van der Waals surface area contributed by atoms with Crippen molar-refractivity contribution in [1.29, 1.82) is 0 Å². The Morgan fingerprint density at radius 3 is 2.80 bits per heavy atom.